The third-order valence-electron chi connectivity index (χ3n) is 4.03. The number of pyridine rings is 1. The van der Waals surface area contributed by atoms with Gasteiger partial charge in [-0.05, 0) is 32.0 Å². The van der Waals surface area contributed by atoms with Crippen LogP contribution < -0.4 is 20.5 Å². The molecular weight excluding hydrogens is 274 g/mol. The van der Waals surface area contributed by atoms with Crippen molar-refractivity contribution < 1.29 is 19.0 Å². The molecule has 1 saturated heterocycles. The molecule has 0 bridgehead atoms. The molecule has 7 heteroatoms. The summed E-state index contributed by atoms with van der Waals surface area (Å²) in [5, 5.41) is 3.31. The highest BCUT2D eigenvalue weighted by atomic mass is 16.6. The fourth-order valence-electron chi connectivity index (χ4n) is 3.01. The number of ether oxygens (including phenoxy) is 3. The number of hydrogen-bond donors (Lipinski definition) is 2. The highest BCUT2D eigenvalue weighted by molar-refractivity contribution is 5.65. The Kier molecular flexibility index (Phi) is 3.59. The number of aromatic nitrogens is 1. The number of hydrogen-bond acceptors (Lipinski definition) is 6. The van der Waals surface area contributed by atoms with Gasteiger partial charge in [0, 0.05) is 12.5 Å². The molecule has 1 aromatic rings. The standard InChI is InChI=1S/C14H19N3O4/c1-19-11-3-2-9-12(17-11)10(20-13(15)18)8-14(21-9)4-6-16-7-5-14/h2-3,10,16H,4-8H2,1H3,(H2,15,18)/t10-/m0/s1. The summed E-state index contributed by atoms with van der Waals surface area (Å²) in [7, 11) is 1.54. The van der Waals surface area contributed by atoms with E-state index in [4.69, 9.17) is 19.9 Å². The topological polar surface area (TPSA) is 95.7 Å². The number of methoxy groups -OCH3 is 1. The van der Waals surface area contributed by atoms with Crippen LogP contribution in [0, 0.1) is 0 Å². The van der Waals surface area contributed by atoms with Crippen molar-refractivity contribution in [1.82, 2.24) is 10.3 Å². The van der Waals surface area contributed by atoms with Crippen molar-refractivity contribution in [3.8, 4) is 11.6 Å². The Morgan fingerprint density at radius 1 is 1.48 bits per heavy atom. The predicted octanol–water partition coefficient (Wildman–Crippen LogP) is 1.13. The number of carbonyl (C=O) groups is 1. The Morgan fingerprint density at radius 2 is 2.24 bits per heavy atom. The minimum Gasteiger partial charge on any atom is -0.485 e. The summed E-state index contributed by atoms with van der Waals surface area (Å²) >= 11 is 0. The summed E-state index contributed by atoms with van der Waals surface area (Å²) in [6, 6.07) is 3.54. The van der Waals surface area contributed by atoms with Crippen LogP contribution in [-0.4, -0.2) is 36.9 Å². The van der Waals surface area contributed by atoms with Crippen LogP contribution in [0.4, 0.5) is 4.79 Å². The lowest BCUT2D eigenvalue weighted by molar-refractivity contribution is -0.0397. The van der Waals surface area contributed by atoms with Gasteiger partial charge >= 0.3 is 6.09 Å². The molecule has 1 aromatic heterocycles. The monoisotopic (exact) mass is 293 g/mol. The second-order valence-electron chi connectivity index (χ2n) is 5.40. The van der Waals surface area contributed by atoms with E-state index in [1.807, 2.05) is 6.07 Å². The molecule has 0 radical (unpaired) electrons. The first-order valence-corrected chi connectivity index (χ1v) is 7.03. The number of amides is 1. The molecule has 21 heavy (non-hydrogen) atoms. The van der Waals surface area contributed by atoms with Crippen LogP contribution in [0.25, 0.3) is 0 Å². The Bertz CT molecular complexity index is 543. The van der Waals surface area contributed by atoms with E-state index in [1.165, 1.54) is 7.11 Å². The number of nitrogens with two attached hydrogens (primary N) is 1. The van der Waals surface area contributed by atoms with E-state index < -0.39 is 12.2 Å². The Balaban J connectivity index is 1.96. The molecule has 2 aliphatic rings. The van der Waals surface area contributed by atoms with Crippen LogP contribution in [0.3, 0.4) is 0 Å². The lowest BCUT2D eigenvalue weighted by Gasteiger charge is -2.43. The zero-order chi connectivity index (χ0) is 14.9. The van der Waals surface area contributed by atoms with Crippen LogP contribution >= 0.6 is 0 Å². The number of rotatable bonds is 2. The Morgan fingerprint density at radius 3 is 2.90 bits per heavy atom. The van der Waals surface area contributed by atoms with Gasteiger partial charge in [0.15, 0.2) is 6.10 Å². The second-order valence-corrected chi connectivity index (χ2v) is 5.40. The van der Waals surface area contributed by atoms with E-state index in [1.54, 1.807) is 6.07 Å². The average molecular weight is 293 g/mol. The molecule has 114 valence electrons. The fourth-order valence-corrected chi connectivity index (χ4v) is 3.01. The summed E-state index contributed by atoms with van der Waals surface area (Å²) in [4.78, 5) is 15.5. The molecule has 1 atom stereocenters. The van der Waals surface area contributed by atoms with E-state index in [0.717, 1.165) is 25.9 Å². The van der Waals surface area contributed by atoms with E-state index in [2.05, 4.69) is 10.3 Å². The Labute approximate surface area is 122 Å². The average Bonchev–Trinajstić information content (AvgIpc) is 2.47. The maximum Gasteiger partial charge on any atom is 0.405 e. The van der Waals surface area contributed by atoms with Gasteiger partial charge in [0.25, 0.3) is 0 Å². The van der Waals surface area contributed by atoms with Crippen molar-refractivity contribution in [2.75, 3.05) is 20.2 Å². The van der Waals surface area contributed by atoms with E-state index in [9.17, 15) is 4.79 Å². The SMILES string of the molecule is COc1ccc2c(n1)[C@@H](OC(N)=O)CC1(CCNCC1)O2. The van der Waals surface area contributed by atoms with E-state index in [0.29, 0.717) is 23.7 Å². The maximum atomic E-state index is 11.2. The van der Waals surface area contributed by atoms with E-state index in [-0.39, 0.29) is 5.60 Å². The lowest BCUT2D eigenvalue weighted by Crippen LogP contribution is -2.49. The van der Waals surface area contributed by atoms with Gasteiger partial charge in [-0.15, -0.1) is 0 Å². The first-order chi connectivity index (χ1) is 10.1. The lowest BCUT2D eigenvalue weighted by atomic mass is 9.83. The number of piperidine rings is 1. The highest BCUT2D eigenvalue weighted by Gasteiger charge is 2.44. The molecule has 0 unspecified atom stereocenters. The first-order valence-electron chi connectivity index (χ1n) is 7.03. The minimum absolute atomic E-state index is 0.325. The number of carbonyl (C=O) groups excluding carboxylic acids is 1. The molecular formula is C14H19N3O4. The normalized spacial score (nSPS) is 23.0. The van der Waals surface area contributed by atoms with Crippen molar-refractivity contribution in [3.63, 3.8) is 0 Å². The van der Waals surface area contributed by atoms with Gasteiger partial charge in [0.1, 0.15) is 17.0 Å². The molecule has 1 spiro atoms. The number of fused-ring (bicyclic) bond motifs is 1. The third-order valence-corrected chi connectivity index (χ3v) is 4.03. The smallest absolute Gasteiger partial charge is 0.405 e. The molecule has 0 aromatic carbocycles. The summed E-state index contributed by atoms with van der Waals surface area (Å²) in [5.41, 5.74) is 5.44. The number of nitrogens with one attached hydrogen (secondary N) is 1. The summed E-state index contributed by atoms with van der Waals surface area (Å²) in [5.74, 6) is 1.09. The minimum atomic E-state index is -0.804. The molecule has 7 nitrogen and oxygen atoms in total. The molecule has 0 saturated carbocycles. The zero-order valence-electron chi connectivity index (χ0n) is 11.9. The summed E-state index contributed by atoms with van der Waals surface area (Å²) in [6.45, 7) is 1.75. The Hall–Kier alpha value is -2.02. The predicted molar refractivity (Wildman–Crippen MR) is 74.3 cm³/mol. The van der Waals surface area contributed by atoms with Crippen molar-refractivity contribution in [3.05, 3.63) is 17.8 Å². The second kappa shape index (κ2) is 5.40. The molecule has 1 amide bonds. The van der Waals surface area contributed by atoms with Crippen LogP contribution in [0.2, 0.25) is 0 Å². The van der Waals surface area contributed by atoms with Crippen molar-refractivity contribution in [2.45, 2.75) is 31.0 Å². The largest absolute Gasteiger partial charge is 0.485 e. The third kappa shape index (κ3) is 2.73. The van der Waals surface area contributed by atoms with E-state index >= 15 is 0 Å². The summed E-state index contributed by atoms with van der Waals surface area (Å²) in [6.07, 6.45) is 0.972. The number of primary amides is 1. The quantitative estimate of drug-likeness (QED) is 0.848. The van der Waals surface area contributed by atoms with Gasteiger partial charge in [0.05, 0.1) is 7.11 Å². The first kappa shape index (κ1) is 13.9. The van der Waals surface area contributed by atoms with Crippen LogP contribution in [0.15, 0.2) is 12.1 Å². The van der Waals surface area contributed by atoms with Crippen LogP contribution in [0.1, 0.15) is 31.1 Å². The van der Waals surface area contributed by atoms with Crippen molar-refractivity contribution in [2.24, 2.45) is 5.73 Å². The van der Waals surface area contributed by atoms with Gasteiger partial charge in [-0.25, -0.2) is 9.78 Å². The number of nitrogens with zero attached hydrogens (tertiary/aromatic N) is 1. The van der Waals surface area contributed by atoms with Crippen LogP contribution in [-0.2, 0) is 4.74 Å². The summed E-state index contributed by atoms with van der Waals surface area (Å²) < 4.78 is 16.6. The zero-order valence-corrected chi connectivity index (χ0v) is 11.9. The molecule has 3 N–H and O–H groups in total. The fraction of sp³-hybridized carbons (Fsp3) is 0.571. The molecule has 1 fully saturated rings. The maximum absolute atomic E-state index is 11.2. The molecule has 0 aliphatic carbocycles. The van der Waals surface area contributed by atoms with Crippen molar-refractivity contribution in [1.29, 1.82) is 0 Å². The molecule has 3 rings (SSSR count). The van der Waals surface area contributed by atoms with Gasteiger partial charge in [-0.1, -0.05) is 0 Å². The molecule has 2 aliphatic heterocycles. The van der Waals surface area contributed by atoms with Gasteiger partial charge < -0.3 is 25.3 Å². The van der Waals surface area contributed by atoms with Crippen molar-refractivity contribution >= 4 is 6.09 Å². The van der Waals surface area contributed by atoms with Gasteiger partial charge in [-0.3, -0.25) is 0 Å². The van der Waals surface area contributed by atoms with Gasteiger partial charge in [-0.2, -0.15) is 0 Å². The van der Waals surface area contributed by atoms with Gasteiger partial charge in [0.2, 0.25) is 5.88 Å². The molecule has 3 heterocycles. The van der Waals surface area contributed by atoms with Crippen LogP contribution in [0.5, 0.6) is 11.6 Å². The highest BCUT2D eigenvalue weighted by Crippen LogP contribution is 2.44.